The summed E-state index contributed by atoms with van der Waals surface area (Å²) in [6.45, 7) is 4.82. The Morgan fingerprint density at radius 1 is 1.33 bits per heavy atom. The number of ether oxygens (including phenoxy) is 2. The standard InChI is InChI=1S/C18H19ClN4O2S2/c1-3-24-15-9-12(8-14(19)17(15)25-4-2)11-20-23-16(21-22-18(23)26)10-13-6-5-7-27-13/h5-9,11H,3-4,10H2,1-2H3,(H,22,26)/b20-11-. The summed E-state index contributed by atoms with van der Waals surface area (Å²) in [5.74, 6) is 1.86. The van der Waals surface area contributed by atoms with Gasteiger partial charge in [-0.05, 0) is 55.2 Å². The second-order valence-corrected chi connectivity index (χ2v) is 7.28. The predicted molar refractivity (Wildman–Crippen MR) is 111 cm³/mol. The monoisotopic (exact) mass is 422 g/mol. The van der Waals surface area contributed by atoms with E-state index >= 15 is 0 Å². The summed E-state index contributed by atoms with van der Waals surface area (Å²) in [6.07, 6.45) is 2.32. The zero-order valence-corrected chi connectivity index (χ0v) is 17.3. The molecule has 1 aromatic carbocycles. The molecule has 9 heteroatoms. The molecule has 0 spiro atoms. The van der Waals surface area contributed by atoms with Crippen molar-refractivity contribution in [2.75, 3.05) is 13.2 Å². The number of aromatic amines is 1. The lowest BCUT2D eigenvalue weighted by molar-refractivity contribution is 0.288. The Morgan fingerprint density at radius 3 is 2.85 bits per heavy atom. The minimum Gasteiger partial charge on any atom is -0.490 e. The smallest absolute Gasteiger partial charge is 0.216 e. The van der Waals surface area contributed by atoms with Crippen LogP contribution in [-0.4, -0.2) is 34.3 Å². The first-order chi connectivity index (χ1) is 13.1. The summed E-state index contributed by atoms with van der Waals surface area (Å²) >= 11 is 13.3. The van der Waals surface area contributed by atoms with E-state index in [1.54, 1.807) is 28.3 Å². The van der Waals surface area contributed by atoms with Gasteiger partial charge in [0.2, 0.25) is 4.77 Å². The van der Waals surface area contributed by atoms with Crippen LogP contribution in [0.25, 0.3) is 0 Å². The van der Waals surface area contributed by atoms with Gasteiger partial charge < -0.3 is 9.47 Å². The number of hydrogen-bond donors (Lipinski definition) is 1. The van der Waals surface area contributed by atoms with E-state index in [4.69, 9.17) is 33.3 Å². The third-order valence-electron chi connectivity index (χ3n) is 3.57. The van der Waals surface area contributed by atoms with Crippen molar-refractivity contribution in [3.63, 3.8) is 0 Å². The van der Waals surface area contributed by atoms with Gasteiger partial charge in [0.15, 0.2) is 17.3 Å². The molecule has 27 heavy (non-hydrogen) atoms. The number of halogens is 1. The molecule has 0 amide bonds. The van der Waals surface area contributed by atoms with E-state index in [0.717, 1.165) is 11.4 Å². The molecule has 0 bridgehead atoms. The van der Waals surface area contributed by atoms with Crippen LogP contribution in [0.5, 0.6) is 11.5 Å². The quantitative estimate of drug-likeness (QED) is 0.413. The molecule has 3 rings (SSSR count). The van der Waals surface area contributed by atoms with Crippen LogP contribution < -0.4 is 9.47 Å². The summed E-state index contributed by atoms with van der Waals surface area (Å²) in [6, 6.07) is 7.68. The Kier molecular flexibility index (Phi) is 6.65. The molecular weight excluding hydrogens is 404 g/mol. The molecule has 2 aromatic heterocycles. The molecule has 0 unspecified atom stereocenters. The van der Waals surface area contributed by atoms with E-state index in [1.165, 1.54) is 4.88 Å². The number of nitrogens with one attached hydrogen (secondary N) is 1. The maximum atomic E-state index is 6.36. The highest BCUT2D eigenvalue weighted by Crippen LogP contribution is 2.36. The van der Waals surface area contributed by atoms with E-state index in [2.05, 4.69) is 21.4 Å². The summed E-state index contributed by atoms with van der Waals surface area (Å²) in [5, 5.41) is 14.0. The normalized spacial score (nSPS) is 11.2. The number of rotatable bonds is 8. The van der Waals surface area contributed by atoms with Gasteiger partial charge in [0.1, 0.15) is 0 Å². The maximum Gasteiger partial charge on any atom is 0.216 e. The third-order valence-corrected chi connectivity index (χ3v) is 4.99. The van der Waals surface area contributed by atoms with Crippen molar-refractivity contribution in [2.45, 2.75) is 20.3 Å². The summed E-state index contributed by atoms with van der Waals surface area (Å²) in [7, 11) is 0. The third kappa shape index (κ3) is 4.77. The maximum absolute atomic E-state index is 6.36. The molecule has 142 valence electrons. The first-order valence-corrected chi connectivity index (χ1v) is 10.1. The molecule has 0 saturated carbocycles. The highest BCUT2D eigenvalue weighted by atomic mass is 35.5. The molecule has 0 aliphatic heterocycles. The van der Waals surface area contributed by atoms with Crippen molar-refractivity contribution in [1.82, 2.24) is 14.9 Å². The molecule has 1 N–H and O–H groups in total. The number of aromatic nitrogens is 3. The number of nitrogens with zero attached hydrogens (tertiary/aromatic N) is 3. The van der Waals surface area contributed by atoms with Crippen molar-refractivity contribution in [2.24, 2.45) is 5.10 Å². The van der Waals surface area contributed by atoms with Gasteiger partial charge >= 0.3 is 0 Å². The highest BCUT2D eigenvalue weighted by Gasteiger charge is 2.12. The van der Waals surface area contributed by atoms with Gasteiger partial charge in [0.25, 0.3) is 0 Å². The van der Waals surface area contributed by atoms with Gasteiger partial charge in [-0.15, -0.1) is 11.3 Å². The average Bonchev–Trinajstić information content (AvgIpc) is 3.27. The molecule has 0 aliphatic rings. The molecule has 0 radical (unpaired) electrons. The first kappa shape index (κ1) is 19.6. The van der Waals surface area contributed by atoms with Crippen LogP contribution >= 0.6 is 35.2 Å². The van der Waals surface area contributed by atoms with E-state index in [-0.39, 0.29) is 0 Å². The summed E-state index contributed by atoms with van der Waals surface area (Å²) in [4.78, 5) is 1.18. The molecule has 3 aromatic rings. The van der Waals surface area contributed by atoms with Crippen molar-refractivity contribution in [1.29, 1.82) is 0 Å². The van der Waals surface area contributed by atoms with Crippen molar-refractivity contribution in [3.05, 3.63) is 55.7 Å². The topological polar surface area (TPSA) is 64.4 Å². The molecule has 0 atom stereocenters. The van der Waals surface area contributed by atoms with Gasteiger partial charge in [-0.2, -0.15) is 14.9 Å². The Balaban J connectivity index is 1.90. The lowest BCUT2D eigenvalue weighted by Gasteiger charge is -2.13. The first-order valence-electron chi connectivity index (χ1n) is 8.44. The number of benzene rings is 1. The zero-order valence-electron chi connectivity index (χ0n) is 14.9. The lowest BCUT2D eigenvalue weighted by Crippen LogP contribution is -2.01. The van der Waals surface area contributed by atoms with Crippen molar-refractivity contribution < 1.29 is 9.47 Å². The van der Waals surface area contributed by atoms with Gasteiger partial charge in [-0.25, -0.2) is 0 Å². The van der Waals surface area contributed by atoms with Gasteiger partial charge in [-0.3, -0.25) is 5.10 Å². The van der Waals surface area contributed by atoms with Crippen LogP contribution in [0, 0.1) is 4.77 Å². The van der Waals surface area contributed by atoms with Crippen LogP contribution in [0.2, 0.25) is 5.02 Å². The van der Waals surface area contributed by atoms with Crippen LogP contribution in [0.3, 0.4) is 0 Å². The Hall–Kier alpha value is -2.16. The van der Waals surface area contributed by atoms with Crippen LogP contribution in [0.15, 0.2) is 34.7 Å². The van der Waals surface area contributed by atoms with Gasteiger partial charge in [-0.1, -0.05) is 17.7 Å². The highest BCUT2D eigenvalue weighted by molar-refractivity contribution is 7.71. The molecule has 0 saturated heterocycles. The second-order valence-electron chi connectivity index (χ2n) is 5.45. The van der Waals surface area contributed by atoms with Gasteiger partial charge in [0, 0.05) is 11.3 Å². The zero-order chi connectivity index (χ0) is 19.2. The van der Waals surface area contributed by atoms with E-state index in [9.17, 15) is 0 Å². The van der Waals surface area contributed by atoms with Crippen LogP contribution in [0.4, 0.5) is 0 Å². The fourth-order valence-corrected chi connectivity index (χ4v) is 3.63. The largest absolute Gasteiger partial charge is 0.490 e. The predicted octanol–water partition coefficient (Wildman–Crippen LogP) is 4.93. The Morgan fingerprint density at radius 2 is 2.15 bits per heavy atom. The van der Waals surface area contributed by atoms with E-state index in [0.29, 0.717) is 40.9 Å². The molecular formula is C18H19ClN4O2S2. The van der Waals surface area contributed by atoms with Crippen LogP contribution in [-0.2, 0) is 6.42 Å². The number of thiophene rings is 1. The van der Waals surface area contributed by atoms with Gasteiger partial charge in [0.05, 0.1) is 24.5 Å². The molecule has 0 aliphatic carbocycles. The SMILES string of the molecule is CCOc1cc(/C=N\n2c(Cc3cccs3)n[nH]c2=S)cc(Cl)c1OCC. The van der Waals surface area contributed by atoms with E-state index < -0.39 is 0 Å². The van der Waals surface area contributed by atoms with Crippen molar-refractivity contribution in [3.8, 4) is 11.5 Å². The Bertz CT molecular complexity index is 980. The average molecular weight is 423 g/mol. The fraction of sp³-hybridized carbons (Fsp3) is 0.278. The molecule has 6 nitrogen and oxygen atoms in total. The minimum absolute atomic E-state index is 0.430. The van der Waals surface area contributed by atoms with Crippen LogP contribution in [0.1, 0.15) is 30.1 Å². The van der Waals surface area contributed by atoms with Crippen molar-refractivity contribution >= 4 is 41.4 Å². The fourth-order valence-electron chi connectivity index (χ4n) is 2.46. The summed E-state index contributed by atoms with van der Waals surface area (Å²) in [5.41, 5.74) is 0.775. The number of H-pyrrole nitrogens is 1. The lowest BCUT2D eigenvalue weighted by atomic mass is 10.2. The minimum atomic E-state index is 0.430. The molecule has 0 fully saturated rings. The number of hydrogen-bond acceptors (Lipinski definition) is 6. The Labute approximate surface area is 171 Å². The summed E-state index contributed by atoms with van der Waals surface area (Å²) < 4.78 is 13.3. The molecule has 2 heterocycles. The second kappa shape index (κ2) is 9.16. The van der Waals surface area contributed by atoms with E-state index in [1.807, 2.05) is 31.4 Å².